The van der Waals surface area contributed by atoms with Crippen LogP contribution in [0.4, 0.5) is 0 Å². The molecule has 3 heteroatoms. The second-order valence-corrected chi connectivity index (χ2v) is 5.15. The minimum atomic E-state index is -1.18. The van der Waals surface area contributed by atoms with Gasteiger partial charge < -0.3 is 9.84 Å². The molecule has 3 nitrogen and oxygen atoms in total. The van der Waals surface area contributed by atoms with E-state index in [1.165, 1.54) is 0 Å². The summed E-state index contributed by atoms with van der Waals surface area (Å²) >= 11 is 0. The topological polar surface area (TPSA) is 42.4 Å². The van der Waals surface area contributed by atoms with E-state index >= 15 is 0 Å². The number of methoxy groups -OCH3 is 1. The van der Waals surface area contributed by atoms with E-state index in [0.717, 1.165) is 22.0 Å². The number of aliphatic hydroxyl groups is 1. The summed E-state index contributed by atoms with van der Waals surface area (Å²) in [5.74, 6) is 0.662. The van der Waals surface area contributed by atoms with Gasteiger partial charge >= 0.3 is 0 Å². The molecule has 2 aromatic carbocycles. The molecule has 0 amide bonds. The first-order chi connectivity index (χ1) is 10.1. The van der Waals surface area contributed by atoms with E-state index in [-0.39, 0.29) is 0 Å². The van der Waals surface area contributed by atoms with E-state index in [1.807, 2.05) is 54.6 Å². The molecule has 106 valence electrons. The van der Waals surface area contributed by atoms with Crippen LogP contribution in [0.15, 0.2) is 60.8 Å². The van der Waals surface area contributed by atoms with Gasteiger partial charge in [-0.2, -0.15) is 0 Å². The summed E-state index contributed by atoms with van der Waals surface area (Å²) in [6.07, 6.45) is 1.74. The van der Waals surface area contributed by atoms with Gasteiger partial charge in [-0.05, 0) is 19.1 Å². The van der Waals surface area contributed by atoms with E-state index in [2.05, 4.69) is 4.98 Å². The van der Waals surface area contributed by atoms with Gasteiger partial charge in [-0.1, -0.05) is 42.5 Å². The van der Waals surface area contributed by atoms with Crippen molar-refractivity contribution < 1.29 is 9.84 Å². The lowest BCUT2D eigenvalue weighted by atomic mass is 9.86. The standard InChI is InChI=1S/C18H17NO2/c1-18(20,14-9-3-4-11-16(14)21-2)15-10-5-7-13-8-6-12-19-17(13)15/h3-12,20H,1-2H3. The molecule has 21 heavy (non-hydrogen) atoms. The van der Waals surface area contributed by atoms with Crippen LogP contribution < -0.4 is 4.74 Å². The summed E-state index contributed by atoms with van der Waals surface area (Å²) in [6, 6.07) is 17.2. The highest BCUT2D eigenvalue weighted by atomic mass is 16.5. The highest BCUT2D eigenvalue weighted by Gasteiger charge is 2.30. The smallest absolute Gasteiger partial charge is 0.125 e. The van der Waals surface area contributed by atoms with E-state index in [1.54, 1.807) is 20.2 Å². The van der Waals surface area contributed by atoms with Crippen molar-refractivity contribution in [1.82, 2.24) is 4.98 Å². The number of rotatable bonds is 3. The Labute approximate surface area is 123 Å². The zero-order valence-corrected chi connectivity index (χ0v) is 12.1. The van der Waals surface area contributed by atoms with Gasteiger partial charge in [-0.3, -0.25) is 4.98 Å². The number of hydrogen-bond donors (Lipinski definition) is 1. The van der Waals surface area contributed by atoms with E-state index in [4.69, 9.17) is 4.74 Å². The van der Waals surface area contributed by atoms with Crippen molar-refractivity contribution >= 4 is 10.9 Å². The van der Waals surface area contributed by atoms with Crippen LogP contribution in [0.25, 0.3) is 10.9 Å². The maximum Gasteiger partial charge on any atom is 0.125 e. The molecular weight excluding hydrogens is 262 g/mol. The first-order valence-corrected chi connectivity index (χ1v) is 6.84. The first kappa shape index (κ1) is 13.6. The Kier molecular flexibility index (Phi) is 3.35. The quantitative estimate of drug-likeness (QED) is 0.798. The normalized spacial score (nSPS) is 13.9. The monoisotopic (exact) mass is 279 g/mol. The van der Waals surface area contributed by atoms with Crippen molar-refractivity contribution in [2.24, 2.45) is 0 Å². The summed E-state index contributed by atoms with van der Waals surface area (Å²) < 4.78 is 5.38. The average Bonchev–Trinajstić information content (AvgIpc) is 2.54. The van der Waals surface area contributed by atoms with Gasteiger partial charge in [0, 0.05) is 22.7 Å². The molecule has 3 aromatic rings. The van der Waals surface area contributed by atoms with Gasteiger partial charge in [0.25, 0.3) is 0 Å². The van der Waals surface area contributed by atoms with Crippen molar-refractivity contribution in [3.8, 4) is 5.75 Å². The second-order valence-electron chi connectivity index (χ2n) is 5.15. The zero-order chi connectivity index (χ0) is 14.9. The number of nitrogens with zero attached hydrogens (tertiary/aromatic N) is 1. The summed E-state index contributed by atoms with van der Waals surface area (Å²) in [7, 11) is 1.61. The maximum atomic E-state index is 11.1. The molecule has 0 bridgehead atoms. The average molecular weight is 279 g/mol. The lowest BCUT2D eigenvalue weighted by molar-refractivity contribution is 0.100. The van der Waals surface area contributed by atoms with Crippen LogP contribution in [0.1, 0.15) is 18.1 Å². The van der Waals surface area contributed by atoms with Gasteiger partial charge in [0.05, 0.1) is 12.6 Å². The maximum absolute atomic E-state index is 11.1. The van der Waals surface area contributed by atoms with Crippen LogP contribution in [0.2, 0.25) is 0 Å². The molecule has 0 aliphatic carbocycles. The second kappa shape index (κ2) is 5.19. The Balaban J connectivity index is 2.25. The van der Waals surface area contributed by atoms with Crippen molar-refractivity contribution in [2.45, 2.75) is 12.5 Å². The fraction of sp³-hybridized carbons (Fsp3) is 0.167. The largest absolute Gasteiger partial charge is 0.496 e. The lowest BCUT2D eigenvalue weighted by Gasteiger charge is -2.27. The lowest BCUT2D eigenvalue weighted by Crippen LogP contribution is -2.24. The molecule has 1 unspecified atom stereocenters. The molecular formula is C18H17NO2. The van der Waals surface area contributed by atoms with Crippen LogP contribution in [0.5, 0.6) is 5.75 Å². The van der Waals surface area contributed by atoms with E-state index in [9.17, 15) is 5.11 Å². The predicted molar refractivity (Wildman–Crippen MR) is 83.4 cm³/mol. The van der Waals surface area contributed by atoms with Crippen molar-refractivity contribution in [3.63, 3.8) is 0 Å². The van der Waals surface area contributed by atoms with E-state index in [0.29, 0.717) is 5.75 Å². The number of hydrogen-bond acceptors (Lipinski definition) is 3. The summed E-state index contributed by atoms with van der Waals surface area (Å²) in [5, 5.41) is 12.2. The van der Waals surface area contributed by atoms with Gasteiger partial charge in [0.2, 0.25) is 0 Å². The number of pyridine rings is 1. The Morgan fingerprint density at radius 1 is 0.952 bits per heavy atom. The first-order valence-electron chi connectivity index (χ1n) is 6.84. The molecule has 1 heterocycles. The van der Waals surface area contributed by atoms with E-state index < -0.39 is 5.60 Å². The third-order valence-corrected chi connectivity index (χ3v) is 3.79. The molecule has 0 fully saturated rings. The summed E-state index contributed by atoms with van der Waals surface area (Å²) in [5.41, 5.74) is 1.12. The highest BCUT2D eigenvalue weighted by molar-refractivity contribution is 5.83. The third kappa shape index (κ3) is 2.26. The minimum absolute atomic E-state index is 0.662. The fourth-order valence-corrected chi connectivity index (χ4v) is 2.69. The number of benzene rings is 2. The fourth-order valence-electron chi connectivity index (χ4n) is 2.69. The SMILES string of the molecule is COc1ccccc1C(C)(O)c1cccc2cccnc12. The minimum Gasteiger partial charge on any atom is -0.496 e. The van der Waals surface area contributed by atoms with Crippen LogP contribution in [0, 0.1) is 0 Å². The number of fused-ring (bicyclic) bond motifs is 1. The molecule has 1 N–H and O–H groups in total. The van der Waals surface area contributed by atoms with Gasteiger partial charge in [-0.25, -0.2) is 0 Å². The molecule has 0 radical (unpaired) electrons. The third-order valence-electron chi connectivity index (χ3n) is 3.79. The van der Waals surface area contributed by atoms with Crippen molar-refractivity contribution in [3.05, 3.63) is 71.9 Å². The van der Waals surface area contributed by atoms with Crippen molar-refractivity contribution in [1.29, 1.82) is 0 Å². The summed E-state index contributed by atoms with van der Waals surface area (Å²) in [4.78, 5) is 4.43. The van der Waals surface area contributed by atoms with Crippen LogP contribution in [-0.4, -0.2) is 17.2 Å². The highest BCUT2D eigenvalue weighted by Crippen LogP contribution is 2.37. The van der Waals surface area contributed by atoms with Gasteiger partial charge in [0.15, 0.2) is 0 Å². The van der Waals surface area contributed by atoms with Gasteiger partial charge in [-0.15, -0.1) is 0 Å². The van der Waals surface area contributed by atoms with Crippen molar-refractivity contribution in [2.75, 3.05) is 7.11 Å². The van der Waals surface area contributed by atoms with Crippen LogP contribution in [-0.2, 0) is 5.60 Å². The Bertz CT molecular complexity index is 776. The zero-order valence-electron chi connectivity index (χ0n) is 12.1. The Morgan fingerprint density at radius 2 is 1.67 bits per heavy atom. The van der Waals surface area contributed by atoms with Gasteiger partial charge in [0.1, 0.15) is 11.4 Å². The molecule has 1 aromatic heterocycles. The number of ether oxygens (including phenoxy) is 1. The molecule has 0 saturated carbocycles. The summed E-state index contributed by atoms with van der Waals surface area (Å²) in [6.45, 7) is 1.77. The molecule has 1 atom stereocenters. The molecule has 0 spiro atoms. The molecule has 0 saturated heterocycles. The predicted octanol–water partition coefficient (Wildman–Crippen LogP) is 3.50. The van der Waals surface area contributed by atoms with Crippen LogP contribution in [0.3, 0.4) is 0 Å². The Hall–Kier alpha value is -2.39. The molecule has 3 rings (SSSR count). The Morgan fingerprint density at radius 3 is 2.48 bits per heavy atom. The van der Waals surface area contributed by atoms with Crippen LogP contribution >= 0.6 is 0 Å². The molecule has 0 aliphatic rings. The molecule has 0 aliphatic heterocycles. The number of aromatic nitrogens is 1. The number of para-hydroxylation sites is 2.